The van der Waals surface area contributed by atoms with Gasteiger partial charge in [0, 0.05) is 0 Å². The lowest BCUT2D eigenvalue weighted by molar-refractivity contribution is -0.141. The average molecular weight is 475 g/mol. The predicted molar refractivity (Wildman–Crippen MR) is 136 cm³/mol. The summed E-state index contributed by atoms with van der Waals surface area (Å²) in [7, 11) is 0. The van der Waals surface area contributed by atoms with Crippen LogP contribution in [-0.4, -0.2) is 33.2 Å². The Morgan fingerprint density at radius 3 is 0.758 bits per heavy atom. The maximum absolute atomic E-state index is 10.4. The number of aliphatic carboxylic acids is 3. The van der Waals surface area contributed by atoms with Crippen molar-refractivity contribution in [3.05, 3.63) is 0 Å². The van der Waals surface area contributed by atoms with Gasteiger partial charge in [-0.25, -0.2) is 0 Å². The van der Waals surface area contributed by atoms with Crippen molar-refractivity contribution in [3.63, 3.8) is 0 Å². The summed E-state index contributed by atoms with van der Waals surface area (Å²) >= 11 is 0. The van der Waals surface area contributed by atoms with E-state index in [-0.39, 0.29) is 35.5 Å². The number of carboxylic acid groups (broad SMARTS) is 3. The Balaban J connectivity index is -0.000000409. The van der Waals surface area contributed by atoms with Crippen molar-refractivity contribution >= 4 is 17.9 Å². The second kappa shape index (κ2) is 16.1. The quantitative estimate of drug-likeness (QED) is 0.268. The smallest absolute Gasteiger partial charge is 0.303 e. The molecule has 6 heteroatoms. The summed E-state index contributed by atoms with van der Waals surface area (Å²) in [5.41, 5.74) is -0.207. The maximum Gasteiger partial charge on any atom is 0.303 e. The Labute approximate surface area is 203 Å². The van der Waals surface area contributed by atoms with Gasteiger partial charge in [0.25, 0.3) is 0 Å². The minimum atomic E-state index is -0.699. The van der Waals surface area contributed by atoms with Gasteiger partial charge in [0.1, 0.15) is 0 Å². The van der Waals surface area contributed by atoms with Crippen LogP contribution in [0.1, 0.15) is 122 Å². The SMILES string of the molecule is CCC(C)C(C)(C)CC(=O)O.CC[C@@H](C)C(C)(C)CC(=O)O.CC[C@H](C)C(C)(C)CC(=O)O. The molecule has 0 aromatic rings. The van der Waals surface area contributed by atoms with Gasteiger partial charge >= 0.3 is 17.9 Å². The molecule has 0 spiro atoms. The van der Waals surface area contributed by atoms with Gasteiger partial charge < -0.3 is 15.3 Å². The zero-order valence-electron chi connectivity index (χ0n) is 23.5. The standard InChI is InChI=1S/3C9H18O2/c3*1-5-7(2)9(3,4)6-8(10)11/h3*7H,5-6H2,1-4H3,(H,10,11)/t2*7-;/m10./s1. The van der Waals surface area contributed by atoms with E-state index in [1.54, 1.807) is 0 Å². The Morgan fingerprint density at radius 1 is 0.515 bits per heavy atom. The van der Waals surface area contributed by atoms with Crippen molar-refractivity contribution in [1.82, 2.24) is 0 Å². The first-order chi connectivity index (χ1) is 14.7. The Hall–Kier alpha value is -1.59. The fraction of sp³-hybridized carbons (Fsp3) is 0.889. The molecule has 6 nitrogen and oxygen atoms in total. The Bertz CT molecular complexity index is 496. The minimum absolute atomic E-state index is 0.0689. The lowest BCUT2D eigenvalue weighted by Crippen LogP contribution is -2.24. The Morgan fingerprint density at radius 2 is 0.667 bits per heavy atom. The molecular weight excluding hydrogens is 420 g/mol. The van der Waals surface area contributed by atoms with E-state index >= 15 is 0 Å². The molecule has 0 saturated heterocycles. The Kier molecular flexibility index (Phi) is 17.6. The van der Waals surface area contributed by atoms with Crippen LogP contribution < -0.4 is 0 Å². The molecule has 0 radical (unpaired) electrons. The lowest BCUT2D eigenvalue weighted by Gasteiger charge is -2.29. The molecule has 198 valence electrons. The van der Waals surface area contributed by atoms with Crippen molar-refractivity contribution < 1.29 is 29.7 Å². The van der Waals surface area contributed by atoms with Crippen molar-refractivity contribution in [2.24, 2.45) is 34.0 Å². The van der Waals surface area contributed by atoms with Gasteiger partial charge in [-0.3, -0.25) is 14.4 Å². The zero-order chi connectivity index (χ0) is 27.2. The summed E-state index contributed by atoms with van der Waals surface area (Å²) in [5, 5.41) is 25.8. The van der Waals surface area contributed by atoms with Crippen LogP contribution in [0.2, 0.25) is 0 Å². The van der Waals surface area contributed by atoms with Crippen molar-refractivity contribution in [1.29, 1.82) is 0 Å². The molecule has 3 atom stereocenters. The first kappa shape index (κ1) is 36.0. The molecule has 0 aromatic carbocycles. The molecule has 1 unspecified atom stereocenters. The first-order valence-electron chi connectivity index (χ1n) is 12.3. The number of hydrogen-bond donors (Lipinski definition) is 3. The van der Waals surface area contributed by atoms with Crippen molar-refractivity contribution in [3.8, 4) is 0 Å². The van der Waals surface area contributed by atoms with Gasteiger partial charge in [-0.15, -0.1) is 0 Å². The average Bonchev–Trinajstić information content (AvgIpc) is 2.63. The van der Waals surface area contributed by atoms with Crippen LogP contribution in [-0.2, 0) is 14.4 Å². The predicted octanol–water partition coefficient (Wildman–Crippen LogP) is 7.60. The van der Waals surface area contributed by atoms with Gasteiger partial charge in [-0.2, -0.15) is 0 Å². The van der Waals surface area contributed by atoms with E-state index in [9.17, 15) is 14.4 Å². The molecule has 0 amide bonds. The molecule has 0 fully saturated rings. The van der Waals surface area contributed by atoms with Crippen LogP contribution in [0.3, 0.4) is 0 Å². The summed E-state index contributed by atoms with van der Waals surface area (Å²) < 4.78 is 0. The molecule has 0 saturated carbocycles. The third kappa shape index (κ3) is 17.5. The van der Waals surface area contributed by atoms with Crippen LogP contribution >= 0.6 is 0 Å². The summed E-state index contributed by atoms with van der Waals surface area (Å²) in [6.45, 7) is 24.6. The van der Waals surface area contributed by atoms with E-state index in [1.807, 2.05) is 41.5 Å². The highest BCUT2D eigenvalue weighted by Gasteiger charge is 2.28. The van der Waals surface area contributed by atoms with Crippen LogP contribution in [0, 0.1) is 34.0 Å². The number of carbonyl (C=O) groups is 3. The van der Waals surface area contributed by atoms with Gasteiger partial charge in [-0.05, 0) is 34.0 Å². The van der Waals surface area contributed by atoms with E-state index in [4.69, 9.17) is 15.3 Å². The van der Waals surface area contributed by atoms with E-state index < -0.39 is 17.9 Å². The number of carboxylic acids is 3. The van der Waals surface area contributed by atoms with E-state index in [2.05, 4.69) is 41.5 Å². The van der Waals surface area contributed by atoms with Gasteiger partial charge in [0.2, 0.25) is 0 Å². The highest BCUT2D eigenvalue weighted by molar-refractivity contribution is 5.68. The molecule has 0 aliphatic rings. The van der Waals surface area contributed by atoms with E-state index in [1.165, 1.54) is 0 Å². The van der Waals surface area contributed by atoms with E-state index in [0.717, 1.165) is 19.3 Å². The number of rotatable bonds is 12. The van der Waals surface area contributed by atoms with Crippen LogP contribution in [0.25, 0.3) is 0 Å². The highest BCUT2D eigenvalue weighted by Crippen LogP contribution is 2.33. The summed E-state index contributed by atoms with van der Waals surface area (Å²) in [6.07, 6.45) is 3.92. The van der Waals surface area contributed by atoms with Gasteiger partial charge in [-0.1, -0.05) is 102 Å². The maximum atomic E-state index is 10.4. The normalized spacial score (nSPS) is 14.5. The van der Waals surface area contributed by atoms with Crippen molar-refractivity contribution in [2.45, 2.75) is 122 Å². The summed E-state index contributed by atoms with van der Waals surface area (Å²) in [4.78, 5) is 31.3. The molecule has 0 bridgehead atoms. The molecule has 0 aliphatic heterocycles. The summed E-state index contributed by atoms with van der Waals surface area (Å²) in [5.74, 6) is -0.684. The molecule has 0 heterocycles. The first-order valence-corrected chi connectivity index (χ1v) is 12.3. The molecule has 33 heavy (non-hydrogen) atoms. The highest BCUT2D eigenvalue weighted by atomic mass is 16.4. The molecule has 0 aliphatic carbocycles. The molecule has 0 rings (SSSR count). The van der Waals surface area contributed by atoms with Crippen LogP contribution in [0.4, 0.5) is 0 Å². The molecule has 0 aromatic heterocycles. The fourth-order valence-corrected chi connectivity index (χ4v) is 3.35. The third-order valence-electron chi connectivity index (χ3n) is 7.66. The zero-order valence-corrected chi connectivity index (χ0v) is 23.5. The molecule has 3 N–H and O–H groups in total. The molecular formula is C27H54O6. The van der Waals surface area contributed by atoms with Crippen molar-refractivity contribution in [2.75, 3.05) is 0 Å². The van der Waals surface area contributed by atoms with Crippen LogP contribution in [0.15, 0.2) is 0 Å². The number of hydrogen-bond acceptors (Lipinski definition) is 3. The monoisotopic (exact) mass is 474 g/mol. The topological polar surface area (TPSA) is 112 Å². The van der Waals surface area contributed by atoms with E-state index in [0.29, 0.717) is 17.8 Å². The summed E-state index contributed by atoms with van der Waals surface area (Å²) in [6, 6.07) is 0. The van der Waals surface area contributed by atoms with Gasteiger partial charge in [0.15, 0.2) is 0 Å². The lowest BCUT2D eigenvalue weighted by atomic mass is 9.76. The third-order valence-corrected chi connectivity index (χ3v) is 7.66. The second-order valence-electron chi connectivity index (χ2n) is 11.6. The fourth-order valence-electron chi connectivity index (χ4n) is 3.35. The minimum Gasteiger partial charge on any atom is -0.481 e. The van der Waals surface area contributed by atoms with Crippen LogP contribution in [0.5, 0.6) is 0 Å². The second-order valence-corrected chi connectivity index (χ2v) is 11.6. The largest absolute Gasteiger partial charge is 0.481 e. The van der Waals surface area contributed by atoms with Gasteiger partial charge in [0.05, 0.1) is 19.3 Å².